The second-order valence-electron chi connectivity index (χ2n) is 5.91. The molecule has 3 rings (SSSR count). The van der Waals surface area contributed by atoms with E-state index in [1.54, 1.807) is 7.05 Å². The number of aromatic nitrogens is 1. The zero-order chi connectivity index (χ0) is 16.6. The van der Waals surface area contributed by atoms with Crippen molar-refractivity contribution in [3.8, 4) is 0 Å². The molecule has 23 heavy (non-hydrogen) atoms. The highest BCUT2D eigenvalue weighted by Gasteiger charge is 2.34. The molecule has 0 aliphatic carbocycles. The van der Waals surface area contributed by atoms with Crippen LogP contribution in [0.5, 0.6) is 0 Å². The van der Waals surface area contributed by atoms with Gasteiger partial charge in [0.25, 0.3) is 10.2 Å². The van der Waals surface area contributed by atoms with E-state index in [0.29, 0.717) is 13.1 Å². The summed E-state index contributed by atoms with van der Waals surface area (Å²) < 4.78 is 35.1. The number of hydrogen-bond donors (Lipinski definition) is 0. The Morgan fingerprint density at radius 2 is 1.96 bits per heavy atom. The third-order valence-corrected chi connectivity index (χ3v) is 6.69. The van der Waals surface area contributed by atoms with E-state index in [-0.39, 0.29) is 18.8 Å². The van der Waals surface area contributed by atoms with E-state index in [0.717, 1.165) is 15.2 Å². The summed E-state index contributed by atoms with van der Waals surface area (Å²) in [7, 11) is -1.91. The number of hydrogen-bond acceptors (Lipinski definition) is 5. The summed E-state index contributed by atoms with van der Waals surface area (Å²) in [5.74, 6) is 0. The Morgan fingerprint density at radius 3 is 2.61 bits per heavy atom. The number of benzene rings is 1. The molecule has 8 heteroatoms. The molecule has 1 aromatic heterocycles. The lowest BCUT2D eigenvalue weighted by Crippen LogP contribution is -2.52. The average molecular weight is 355 g/mol. The van der Waals surface area contributed by atoms with E-state index in [4.69, 9.17) is 4.74 Å². The van der Waals surface area contributed by atoms with E-state index in [1.165, 1.54) is 19.9 Å². The molecular formula is C15H21N3O3S2. The van der Waals surface area contributed by atoms with Gasteiger partial charge in [-0.2, -0.15) is 17.0 Å². The highest BCUT2D eigenvalue weighted by Crippen LogP contribution is 2.24. The van der Waals surface area contributed by atoms with E-state index in [2.05, 4.69) is 4.98 Å². The van der Waals surface area contributed by atoms with Gasteiger partial charge in [-0.05, 0) is 26.0 Å². The zero-order valence-corrected chi connectivity index (χ0v) is 15.1. The minimum atomic E-state index is -3.51. The lowest BCUT2D eigenvalue weighted by molar-refractivity contribution is -0.0453. The summed E-state index contributed by atoms with van der Waals surface area (Å²) in [6, 6.07) is 7.83. The molecule has 0 spiro atoms. The molecule has 126 valence electrons. The van der Waals surface area contributed by atoms with Gasteiger partial charge < -0.3 is 4.74 Å². The summed E-state index contributed by atoms with van der Waals surface area (Å²) in [5, 5.41) is 0.798. The fourth-order valence-electron chi connectivity index (χ4n) is 2.78. The van der Waals surface area contributed by atoms with Gasteiger partial charge in [0.1, 0.15) is 5.01 Å². The largest absolute Gasteiger partial charge is 0.373 e. The molecule has 6 nitrogen and oxygen atoms in total. The second kappa shape index (κ2) is 6.45. The van der Waals surface area contributed by atoms with E-state index < -0.39 is 10.2 Å². The number of morpholine rings is 1. The van der Waals surface area contributed by atoms with Crippen molar-refractivity contribution in [2.24, 2.45) is 0 Å². The Bertz CT molecular complexity index is 747. The second-order valence-corrected chi connectivity index (χ2v) is 9.06. The van der Waals surface area contributed by atoms with Crippen molar-refractivity contribution in [3.63, 3.8) is 0 Å². The summed E-state index contributed by atoms with van der Waals surface area (Å²) in [4.78, 5) is 4.51. The van der Waals surface area contributed by atoms with Crippen molar-refractivity contribution in [1.29, 1.82) is 0 Å². The molecule has 0 radical (unpaired) electrons. The van der Waals surface area contributed by atoms with Gasteiger partial charge in [0.05, 0.1) is 29.0 Å². The quantitative estimate of drug-likeness (QED) is 0.842. The number of fused-ring (bicyclic) bond motifs is 1. The Labute approximate surface area is 140 Å². The minimum absolute atomic E-state index is 0.0932. The molecule has 2 atom stereocenters. The van der Waals surface area contributed by atoms with Crippen LogP contribution in [0.3, 0.4) is 0 Å². The average Bonchev–Trinajstić information content (AvgIpc) is 2.88. The number of nitrogens with zero attached hydrogens (tertiary/aromatic N) is 3. The lowest BCUT2D eigenvalue weighted by Gasteiger charge is -2.36. The van der Waals surface area contributed by atoms with Gasteiger partial charge in [-0.1, -0.05) is 12.1 Å². The van der Waals surface area contributed by atoms with Crippen molar-refractivity contribution in [3.05, 3.63) is 29.3 Å². The molecule has 1 aliphatic heterocycles. The van der Waals surface area contributed by atoms with E-state index in [1.807, 2.05) is 38.1 Å². The van der Waals surface area contributed by atoms with Crippen molar-refractivity contribution >= 4 is 31.8 Å². The summed E-state index contributed by atoms with van der Waals surface area (Å²) in [6.45, 7) is 4.84. The van der Waals surface area contributed by atoms with Gasteiger partial charge in [-0.15, -0.1) is 11.3 Å². The standard InChI is InChI=1S/C15H21N3O3S2/c1-11-8-18(9-12(2)21-11)23(19,20)17(3)10-15-16-13-6-4-5-7-14(13)22-15/h4-7,11-12H,8-10H2,1-3H3. The summed E-state index contributed by atoms with van der Waals surface area (Å²) in [6.07, 6.45) is -0.186. The smallest absolute Gasteiger partial charge is 0.282 e. The summed E-state index contributed by atoms with van der Waals surface area (Å²) >= 11 is 1.53. The fourth-order valence-corrected chi connectivity index (χ4v) is 5.35. The van der Waals surface area contributed by atoms with Gasteiger partial charge >= 0.3 is 0 Å². The number of para-hydroxylation sites is 1. The lowest BCUT2D eigenvalue weighted by atomic mass is 10.3. The molecule has 1 aliphatic rings. The predicted molar refractivity (Wildman–Crippen MR) is 91.6 cm³/mol. The third kappa shape index (κ3) is 3.56. The molecule has 2 unspecified atom stereocenters. The maximum Gasteiger partial charge on any atom is 0.282 e. The fraction of sp³-hybridized carbons (Fsp3) is 0.533. The summed E-state index contributed by atoms with van der Waals surface area (Å²) in [5.41, 5.74) is 0.909. The molecule has 2 heterocycles. The van der Waals surface area contributed by atoms with Gasteiger partial charge in [-0.3, -0.25) is 0 Å². The third-order valence-electron chi connectivity index (χ3n) is 3.80. The van der Waals surface area contributed by atoms with Crippen LogP contribution in [0, 0.1) is 0 Å². The molecular weight excluding hydrogens is 334 g/mol. The molecule has 0 saturated carbocycles. The maximum absolute atomic E-state index is 12.8. The SMILES string of the molecule is CC1CN(S(=O)(=O)N(C)Cc2nc3ccccc3s2)CC(C)O1. The van der Waals surface area contributed by atoms with Crippen LogP contribution in [0.15, 0.2) is 24.3 Å². The Hall–Kier alpha value is -1.06. The van der Waals surface area contributed by atoms with Crippen LogP contribution < -0.4 is 0 Å². The highest BCUT2D eigenvalue weighted by molar-refractivity contribution is 7.86. The Balaban J connectivity index is 1.77. The van der Waals surface area contributed by atoms with Crippen LogP contribution in [-0.4, -0.2) is 54.4 Å². The predicted octanol–water partition coefficient (Wildman–Crippen LogP) is 2.08. The first-order chi connectivity index (χ1) is 10.9. The van der Waals surface area contributed by atoms with Crippen LogP contribution in [0.2, 0.25) is 0 Å². The number of rotatable bonds is 4. The van der Waals surface area contributed by atoms with Gasteiger partial charge in [0, 0.05) is 20.1 Å². The van der Waals surface area contributed by atoms with Gasteiger partial charge in [0.15, 0.2) is 0 Å². The first-order valence-corrected chi connectivity index (χ1v) is 9.79. The van der Waals surface area contributed by atoms with Gasteiger partial charge in [-0.25, -0.2) is 4.98 Å². The van der Waals surface area contributed by atoms with Crippen LogP contribution in [0.1, 0.15) is 18.9 Å². The number of ether oxygens (including phenoxy) is 1. The Kier molecular flexibility index (Phi) is 4.70. The molecule has 1 saturated heterocycles. The molecule has 1 aromatic carbocycles. The van der Waals surface area contributed by atoms with Crippen LogP contribution in [-0.2, 0) is 21.5 Å². The molecule has 2 aromatic rings. The van der Waals surface area contributed by atoms with Gasteiger partial charge in [0.2, 0.25) is 0 Å². The van der Waals surface area contributed by atoms with E-state index in [9.17, 15) is 8.42 Å². The normalized spacial score (nSPS) is 23.7. The minimum Gasteiger partial charge on any atom is -0.373 e. The molecule has 1 fully saturated rings. The highest BCUT2D eigenvalue weighted by atomic mass is 32.2. The van der Waals surface area contributed by atoms with Crippen molar-refractivity contribution in [2.45, 2.75) is 32.6 Å². The van der Waals surface area contributed by atoms with Crippen molar-refractivity contribution in [2.75, 3.05) is 20.1 Å². The Morgan fingerprint density at radius 1 is 1.30 bits per heavy atom. The maximum atomic E-state index is 12.8. The van der Waals surface area contributed by atoms with E-state index >= 15 is 0 Å². The van der Waals surface area contributed by atoms with Crippen molar-refractivity contribution < 1.29 is 13.2 Å². The van der Waals surface area contributed by atoms with Crippen LogP contribution in [0.4, 0.5) is 0 Å². The first-order valence-electron chi connectivity index (χ1n) is 7.57. The number of thiazole rings is 1. The molecule has 0 bridgehead atoms. The topological polar surface area (TPSA) is 62.7 Å². The molecule has 0 N–H and O–H groups in total. The van der Waals surface area contributed by atoms with Crippen molar-refractivity contribution in [1.82, 2.24) is 13.6 Å². The van der Waals surface area contributed by atoms with Crippen LogP contribution >= 0.6 is 11.3 Å². The monoisotopic (exact) mass is 355 g/mol. The van der Waals surface area contributed by atoms with Crippen LogP contribution in [0.25, 0.3) is 10.2 Å². The zero-order valence-electron chi connectivity index (χ0n) is 13.5. The first kappa shape index (κ1) is 16.8. The molecule has 0 amide bonds.